The fourth-order valence-electron chi connectivity index (χ4n) is 2.37. The van der Waals surface area contributed by atoms with E-state index in [1.165, 1.54) is 29.5 Å². The number of rotatable bonds is 8. The molecule has 0 aliphatic heterocycles. The minimum Gasteiger partial charge on any atom is -0.372 e. The van der Waals surface area contributed by atoms with Gasteiger partial charge in [-0.25, -0.2) is 0 Å². The molecule has 2 nitrogen and oxygen atoms in total. The maximum absolute atomic E-state index is 5.75. The first-order chi connectivity index (χ1) is 10.4. The van der Waals surface area contributed by atoms with Gasteiger partial charge >= 0.3 is 0 Å². The Hall–Kier alpha value is -1.64. The van der Waals surface area contributed by atoms with Crippen LogP contribution in [-0.4, -0.2) is 12.6 Å². The van der Waals surface area contributed by atoms with Crippen molar-refractivity contribution in [2.24, 2.45) is 0 Å². The van der Waals surface area contributed by atoms with Crippen LogP contribution in [0.5, 0.6) is 0 Å². The minimum absolute atomic E-state index is 0.675. The van der Waals surface area contributed by atoms with Crippen LogP contribution in [0.25, 0.3) is 0 Å². The van der Waals surface area contributed by atoms with Crippen LogP contribution in [0.1, 0.15) is 29.5 Å². The van der Waals surface area contributed by atoms with E-state index in [0.29, 0.717) is 13.2 Å². The van der Waals surface area contributed by atoms with Gasteiger partial charge in [0.1, 0.15) is 0 Å². The molecule has 1 saturated carbocycles. The summed E-state index contributed by atoms with van der Waals surface area (Å²) in [6.45, 7) is 2.44. The molecule has 0 bridgehead atoms. The molecule has 0 amide bonds. The van der Waals surface area contributed by atoms with Gasteiger partial charge in [0.05, 0.1) is 13.2 Å². The third kappa shape index (κ3) is 5.00. The van der Waals surface area contributed by atoms with Gasteiger partial charge in [-0.2, -0.15) is 0 Å². The summed E-state index contributed by atoms with van der Waals surface area (Å²) in [6, 6.07) is 19.9. The molecular weight excluding hydrogens is 258 g/mol. The first-order valence-electron chi connectivity index (χ1n) is 7.83. The van der Waals surface area contributed by atoms with Gasteiger partial charge in [0.25, 0.3) is 0 Å². The van der Waals surface area contributed by atoms with Crippen molar-refractivity contribution in [3.8, 4) is 0 Å². The molecule has 0 unspecified atom stereocenters. The highest BCUT2D eigenvalue weighted by molar-refractivity contribution is 5.22. The van der Waals surface area contributed by atoms with Crippen molar-refractivity contribution in [3.05, 3.63) is 71.3 Å². The normalized spacial score (nSPS) is 14.3. The Bertz CT molecular complexity index is 531. The van der Waals surface area contributed by atoms with Crippen molar-refractivity contribution < 1.29 is 4.74 Å². The molecule has 2 heteroatoms. The average molecular weight is 281 g/mol. The van der Waals surface area contributed by atoms with Gasteiger partial charge in [0.2, 0.25) is 0 Å². The number of benzene rings is 2. The average Bonchev–Trinajstić information content (AvgIpc) is 3.34. The minimum atomic E-state index is 0.675. The molecule has 2 aromatic rings. The van der Waals surface area contributed by atoms with Crippen LogP contribution >= 0.6 is 0 Å². The summed E-state index contributed by atoms with van der Waals surface area (Å²) in [4.78, 5) is 0. The van der Waals surface area contributed by atoms with Gasteiger partial charge < -0.3 is 10.1 Å². The number of hydrogen-bond acceptors (Lipinski definition) is 2. The molecule has 0 atom stereocenters. The predicted octanol–water partition coefficient (Wildman–Crippen LogP) is 3.70. The summed E-state index contributed by atoms with van der Waals surface area (Å²) in [7, 11) is 0. The zero-order chi connectivity index (χ0) is 14.3. The van der Waals surface area contributed by atoms with E-state index in [-0.39, 0.29) is 0 Å². The Balaban J connectivity index is 1.39. The standard InChI is InChI=1S/C19H23NO/c1-2-4-17(5-3-1)14-21-15-18-8-6-16(7-9-18)12-13-20-19-10-11-19/h1-9,19-20H,10-15H2. The molecule has 1 aliphatic carbocycles. The molecule has 21 heavy (non-hydrogen) atoms. The van der Waals surface area contributed by atoms with Gasteiger partial charge in [-0.1, -0.05) is 54.6 Å². The summed E-state index contributed by atoms with van der Waals surface area (Å²) >= 11 is 0. The van der Waals surface area contributed by atoms with Crippen molar-refractivity contribution in [1.29, 1.82) is 0 Å². The zero-order valence-corrected chi connectivity index (χ0v) is 12.4. The van der Waals surface area contributed by atoms with Crippen LogP contribution in [0.15, 0.2) is 54.6 Å². The largest absolute Gasteiger partial charge is 0.372 e. The van der Waals surface area contributed by atoms with Crippen LogP contribution < -0.4 is 5.32 Å². The van der Waals surface area contributed by atoms with E-state index in [2.05, 4.69) is 41.7 Å². The SMILES string of the molecule is c1ccc(COCc2ccc(CCNC3CC3)cc2)cc1. The summed E-state index contributed by atoms with van der Waals surface area (Å²) in [5, 5.41) is 3.55. The van der Waals surface area contributed by atoms with Crippen molar-refractivity contribution in [3.63, 3.8) is 0 Å². The van der Waals surface area contributed by atoms with Crippen molar-refractivity contribution in [2.75, 3.05) is 6.54 Å². The van der Waals surface area contributed by atoms with Crippen molar-refractivity contribution >= 4 is 0 Å². The summed E-state index contributed by atoms with van der Waals surface area (Å²) in [5.74, 6) is 0. The van der Waals surface area contributed by atoms with E-state index in [0.717, 1.165) is 19.0 Å². The summed E-state index contributed by atoms with van der Waals surface area (Å²) < 4.78 is 5.75. The first-order valence-corrected chi connectivity index (χ1v) is 7.83. The van der Waals surface area contributed by atoms with Crippen molar-refractivity contribution in [1.82, 2.24) is 5.32 Å². The van der Waals surface area contributed by atoms with Crippen LogP contribution in [0.4, 0.5) is 0 Å². The number of nitrogens with one attached hydrogen (secondary N) is 1. The second-order valence-electron chi connectivity index (χ2n) is 5.77. The van der Waals surface area contributed by atoms with E-state index >= 15 is 0 Å². The van der Waals surface area contributed by atoms with E-state index in [9.17, 15) is 0 Å². The maximum atomic E-state index is 5.75. The molecule has 0 spiro atoms. The molecule has 1 aliphatic rings. The Labute approximate surface area is 127 Å². The van der Waals surface area contributed by atoms with Crippen LogP contribution in [0, 0.1) is 0 Å². The lowest BCUT2D eigenvalue weighted by atomic mass is 10.1. The monoisotopic (exact) mass is 281 g/mol. The molecular formula is C19H23NO. The maximum Gasteiger partial charge on any atom is 0.0721 e. The van der Waals surface area contributed by atoms with Gasteiger partial charge in [-0.3, -0.25) is 0 Å². The van der Waals surface area contributed by atoms with Gasteiger partial charge in [-0.05, 0) is 42.5 Å². The zero-order valence-electron chi connectivity index (χ0n) is 12.4. The molecule has 2 aromatic carbocycles. The third-order valence-corrected chi connectivity index (χ3v) is 3.83. The highest BCUT2D eigenvalue weighted by Crippen LogP contribution is 2.18. The fraction of sp³-hybridized carbons (Fsp3) is 0.368. The second kappa shape index (κ2) is 7.39. The summed E-state index contributed by atoms with van der Waals surface area (Å²) in [6.07, 6.45) is 3.83. The lowest BCUT2D eigenvalue weighted by Crippen LogP contribution is -2.19. The first kappa shape index (κ1) is 14.3. The Morgan fingerprint density at radius 1 is 0.810 bits per heavy atom. The highest BCUT2D eigenvalue weighted by atomic mass is 16.5. The van der Waals surface area contributed by atoms with Gasteiger partial charge in [-0.15, -0.1) is 0 Å². The lowest BCUT2D eigenvalue weighted by molar-refractivity contribution is 0.107. The number of hydrogen-bond donors (Lipinski definition) is 1. The lowest BCUT2D eigenvalue weighted by Gasteiger charge is -2.07. The number of ether oxygens (including phenoxy) is 1. The molecule has 1 fully saturated rings. The van der Waals surface area contributed by atoms with Gasteiger partial charge in [0.15, 0.2) is 0 Å². The molecule has 0 saturated heterocycles. The van der Waals surface area contributed by atoms with E-state index in [4.69, 9.17) is 4.74 Å². The van der Waals surface area contributed by atoms with E-state index < -0.39 is 0 Å². The quantitative estimate of drug-likeness (QED) is 0.796. The Morgan fingerprint density at radius 3 is 2.10 bits per heavy atom. The smallest absolute Gasteiger partial charge is 0.0721 e. The molecule has 3 rings (SSSR count). The molecule has 110 valence electrons. The topological polar surface area (TPSA) is 21.3 Å². The molecule has 0 aromatic heterocycles. The van der Waals surface area contributed by atoms with Crippen LogP contribution in [0.2, 0.25) is 0 Å². The predicted molar refractivity (Wildman–Crippen MR) is 86.1 cm³/mol. The van der Waals surface area contributed by atoms with Crippen LogP contribution in [-0.2, 0) is 24.4 Å². The molecule has 0 heterocycles. The highest BCUT2D eigenvalue weighted by Gasteiger charge is 2.19. The van der Waals surface area contributed by atoms with Crippen molar-refractivity contribution in [2.45, 2.75) is 38.5 Å². The third-order valence-electron chi connectivity index (χ3n) is 3.83. The van der Waals surface area contributed by atoms with E-state index in [1.807, 2.05) is 18.2 Å². The van der Waals surface area contributed by atoms with Crippen LogP contribution in [0.3, 0.4) is 0 Å². The summed E-state index contributed by atoms with van der Waals surface area (Å²) in [5.41, 5.74) is 3.86. The fourth-order valence-corrected chi connectivity index (χ4v) is 2.37. The molecule has 1 N–H and O–H groups in total. The second-order valence-corrected chi connectivity index (χ2v) is 5.77. The Morgan fingerprint density at radius 2 is 1.43 bits per heavy atom. The Kier molecular flexibility index (Phi) is 5.03. The van der Waals surface area contributed by atoms with Gasteiger partial charge in [0, 0.05) is 6.04 Å². The van der Waals surface area contributed by atoms with E-state index in [1.54, 1.807) is 0 Å². The molecule has 0 radical (unpaired) electrons.